The maximum atomic E-state index is 5.74. The highest BCUT2D eigenvalue weighted by Gasteiger charge is 2.20. The quantitative estimate of drug-likeness (QED) is 0.849. The molecule has 0 saturated carbocycles. The number of fused-ring (bicyclic) bond motifs is 1. The lowest BCUT2D eigenvalue weighted by Gasteiger charge is -2.25. The molecule has 0 fully saturated rings. The van der Waals surface area contributed by atoms with E-state index in [1.165, 1.54) is 0 Å². The van der Waals surface area contributed by atoms with Gasteiger partial charge in [-0.2, -0.15) is 0 Å². The molecule has 0 spiro atoms. The first kappa shape index (κ1) is 13.8. The Labute approximate surface area is 120 Å². The maximum Gasteiger partial charge on any atom is 0.178 e. The lowest BCUT2D eigenvalue weighted by Crippen LogP contribution is -2.30. The molecule has 0 aliphatic rings. The fraction of sp³-hybridized carbons (Fsp3) is 0.462. The summed E-state index contributed by atoms with van der Waals surface area (Å²) in [5.41, 5.74) is 1.92. The van der Waals surface area contributed by atoms with Gasteiger partial charge in [0, 0.05) is 11.1 Å². The molecule has 3 nitrogen and oxygen atoms in total. The summed E-state index contributed by atoms with van der Waals surface area (Å²) in [7, 11) is 0. The summed E-state index contributed by atoms with van der Waals surface area (Å²) >= 11 is 8.85. The van der Waals surface area contributed by atoms with Crippen molar-refractivity contribution in [1.29, 1.82) is 0 Å². The largest absolute Gasteiger partial charge is 0.374 e. The van der Waals surface area contributed by atoms with E-state index in [0.717, 1.165) is 26.8 Å². The third kappa shape index (κ3) is 2.84. The molecule has 2 aromatic rings. The molecule has 0 amide bonds. The van der Waals surface area contributed by atoms with Crippen molar-refractivity contribution in [3.63, 3.8) is 0 Å². The van der Waals surface area contributed by atoms with Crippen LogP contribution in [-0.2, 0) is 11.3 Å². The molecule has 1 heterocycles. The number of hydrogen-bond donors (Lipinski definition) is 1. The summed E-state index contributed by atoms with van der Waals surface area (Å²) in [5.74, 6) is 0. The Morgan fingerprint density at radius 2 is 2.17 bits per heavy atom. The molecule has 5 heteroatoms. The predicted molar refractivity (Wildman–Crippen MR) is 80.5 cm³/mol. The molecular weight excluding hydrogens is 312 g/mol. The molecule has 1 N–H and O–H groups in total. The molecule has 0 bridgehead atoms. The number of benzene rings is 1. The van der Waals surface area contributed by atoms with Crippen LogP contribution >= 0.6 is 28.1 Å². The van der Waals surface area contributed by atoms with E-state index >= 15 is 0 Å². The first-order valence-electron chi connectivity index (χ1n) is 5.95. The molecule has 0 saturated heterocycles. The third-order valence-electron chi connectivity index (χ3n) is 2.81. The van der Waals surface area contributed by atoms with Crippen molar-refractivity contribution in [2.45, 2.75) is 32.9 Å². The van der Waals surface area contributed by atoms with Gasteiger partial charge in [0.1, 0.15) is 0 Å². The number of aromatic amines is 1. The lowest BCUT2D eigenvalue weighted by atomic mass is 10.1. The van der Waals surface area contributed by atoms with Crippen molar-refractivity contribution < 1.29 is 4.74 Å². The Bertz CT molecular complexity index is 615. The molecule has 2 rings (SSSR count). The second-order valence-electron chi connectivity index (χ2n) is 4.87. The van der Waals surface area contributed by atoms with Crippen molar-refractivity contribution >= 4 is 39.2 Å². The Kier molecular flexibility index (Phi) is 3.94. The van der Waals surface area contributed by atoms with Crippen LogP contribution in [0.2, 0.25) is 0 Å². The summed E-state index contributed by atoms with van der Waals surface area (Å²) in [6, 6.07) is 6.12. The number of rotatable bonds is 4. The molecule has 0 aliphatic carbocycles. The number of imidazole rings is 1. The van der Waals surface area contributed by atoms with Crippen molar-refractivity contribution in [2.24, 2.45) is 0 Å². The number of ether oxygens (including phenoxy) is 1. The van der Waals surface area contributed by atoms with Gasteiger partial charge in [-0.25, -0.2) is 0 Å². The van der Waals surface area contributed by atoms with Gasteiger partial charge in [0.05, 0.1) is 23.2 Å². The minimum Gasteiger partial charge on any atom is -0.374 e. The zero-order valence-electron chi connectivity index (χ0n) is 10.8. The third-order valence-corrected chi connectivity index (χ3v) is 3.63. The zero-order valence-corrected chi connectivity index (χ0v) is 13.2. The Morgan fingerprint density at radius 1 is 1.44 bits per heavy atom. The van der Waals surface area contributed by atoms with Gasteiger partial charge in [0.15, 0.2) is 4.77 Å². The van der Waals surface area contributed by atoms with Gasteiger partial charge in [-0.3, -0.25) is 0 Å². The number of nitrogens with one attached hydrogen (secondary N) is 1. The van der Waals surface area contributed by atoms with Gasteiger partial charge in [-0.1, -0.05) is 15.9 Å². The first-order valence-corrected chi connectivity index (χ1v) is 7.15. The summed E-state index contributed by atoms with van der Waals surface area (Å²) in [6.45, 7) is 7.61. The SMILES string of the molecule is CCOC(C)(C)Cn1c(=S)[nH]c2cc(Br)ccc21. The van der Waals surface area contributed by atoms with Crippen molar-refractivity contribution in [3.8, 4) is 0 Å². The first-order chi connectivity index (χ1) is 8.43. The maximum absolute atomic E-state index is 5.74. The van der Waals surface area contributed by atoms with Crippen LogP contribution in [0.3, 0.4) is 0 Å². The van der Waals surface area contributed by atoms with Crippen molar-refractivity contribution in [1.82, 2.24) is 9.55 Å². The normalized spacial score (nSPS) is 12.2. The van der Waals surface area contributed by atoms with Crippen molar-refractivity contribution in [3.05, 3.63) is 27.4 Å². The van der Waals surface area contributed by atoms with E-state index < -0.39 is 0 Å². The lowest BCUT2D eigenvalue weighted by molar-refractivity contribution is -0.0219. The number of halogens is 1. The van der Waals surface area contributed by atoms with E-state index in [0.29, 0.717) is 6.61 Å². The molecule has 0 radical (unpaired) electrons. The van der Waals surface area contributed by atoms with Crippen LogP contribution in [0.25, 0.3) is 11.0 Å². The minimum absolute atomic E-state index is 0.227. The number of hydrogen-bond acceptors (Lipinski definition) is 2. The Balaban J connectivity index is 2.45. The second-order valence-corrected chi connectivity index (χ2v) is 6.17. The second kappa shape index (κ2) is 5.15. The van der Waals surface area contributed by atoms with E-state index in [2.05, 4.69) is 45.4 Å². The summed E-state index contributed by atoms with van der Waals surface area (Å²) in [4.78, 5) is 3.22. The van der Waals surface area contributed by atoms with E-state index in [9.17, 15) is 0 Å². The van der Waals surface area contributed by atoms with Crippen LogP contribution in [0.1, 0.15) is 20.8 Å². The summed E-state index contributed by atoms with van der Waals surface area (Å²) < 4.78 is 9.61. The summed E-state index contributed by atoms with van der Waals surface area (Å²) in [5, 5.41) is 0. The monoisotopic (exact) mass is 328 g/mol. The Hall–Kier alpha value is -0.650. The zero-order chi connectivity index (χ0) is 13.3. The molecule has 0 atom stereocenters. The average molecular weight is 329 g/mol. The van der Waals surface area contributed by atoms with Crippen LogP contribution in [0.15, 0.2) is 22.7 Å². The molecule has 98 valence electrons. The van der Waals surface area contributed by atoms with Crippen LogP contribution in [0.5, 0.6) is 0 Å². The van der Waals surface area contributed by atoms with Crippen LogP contribution in [-0.4, -0.2) is 21.8 Å². The fourth-order valence-electron chi connectivity index (χ4n) is 2.11. The molecule has 1 aromatic carbocycles. The van der Waals surface area contributed by atoms with Crippen LogP contribution < -0.4 is 0 Å². The average Bonchev–Trinajstić information content (AvgIpc) is 2.54. The van der Waals surface area contributed by atoms with Crippen molar-refractivity contribution in [2.75, 3.05) is 6.61 Å². The number of H-pyrrole nitrogens is 1. The fourth-order valence-corrected chi connectivity index (χ4v) is 2.74. The molecule has 18 heavy (non-hydrogen) atoms. The highest BCUT2D eigenvalue weighted by Crippen LogP contribution is 2.22. The Morgan fingerprint density at radius 3 is 2.83 bits per heavy atom. The van der Waals surface area contributed by atoms with E-state index in [4.69, 9.17) is 17.0 Å². The molecule has 0 aliphatic heterocycles. The molecule has 1 aromatic heterocycles. The van der Waals surface area contributed by atoms with E-state index in [-0.39, 0.29) is 5.60 Å². The van der Waals surface area contributed by atoms with Crippen LogP contribution in [0.4, 0.5) is 0 Å². The van der Waals surface area contributed by atoms with Gasteiger partial charge in [0.25, 0.3) is 0 Å². The standard InChI is InChI=1S/C13H17BrN2OS/c1-4-17-13(2,3)8-16-11-6-5-9(14)7-10(11)15-12(16)18/h5-7H,4,8H2,1-3H3,(H,15,18). The topological polar surface area (TPSA) is 29.9 Å². The van der Waals surface area contributed by atoms with Gasteiger partial charge >= 0.3 is 0 Å². The van der Waals surface area contributed by atoms with Crippen LogP contribution in [0, 0.1) is 4.77 Å². The molecule has 0 unspecified atom stereocenters. The van der Waals surface area contributed by atoms with E-state index in [1.807, 2.05) is 19.1 Å². The predicted octanol–water partition coefficient (Wildman–Crippen LogP) is 4.28. The van der Waals surface area contributed by atoms with Gasteiger partial charge in [-0.15, -0.1) is 0 Å². The summed E-state index contributed by atoms with van der Waals surface area (Å²) in [6.07, 6.45) is 0. The van der Waals surface area contributed by atoms with E-state index in [1.54, 1.807) is 0 Å². The highest BCUT2D eigenvalue weighted by atomic mass is 79.9. The van der Waals surface area contributed by atoms with Gasteiger partial charge < -0.3 is 14.3 Å². The smallest absolute Gasteiger partial charge is 0.178 e. The number of aromatic nitrogens is 2. The number of nitrogens with zero attached hydrogens (tertiary/aromatic N) is 1. The van der Waals surface area contributed by atoms with Gasteiger partial charge in [0.2, 0.25) is 0 Å². The highest BCUT2D eigenvalue weighted by molar-refractivity contribution is 9.10. The molecular formula is C13H17BrN2OS. The minimum atomic E-state index is -0.227. The van der Waals surface area contributed by atoms with Gasteiger partial charge in [-0.05, 0) is 51.2 Å².